The maximum atomic E-state index is 12.6. The molecule has 0 aliphatic rings. The van der Waals surface area contributed by atoms with Crippen LogP contribution in [-0.4, -0.2) is 35.9 Å². The molecule has 7 nitrogen and oxygen atoms in total. The summed E-state index contributed by atoms with van der Waals surface area (Å²) in [6.45, 7) is 7.16. The van der Waals surface area contributed by atoms with Crippen molar-refractivity contribution in [3.8, 4) is 11.1 Å². The second-order valence-electron chi connectivity index (χ2n) is 6.01. The Kier molecular flexibility index (Phi) is 6.06. The average Bonchev–Trinajstić information content (AvgIpc) is 2.60. The van der Waals surface area contributed by atoms with E-state index in [1.165, 1.54) is 6.92 Å². The Bertz CT molecular complexity index is 846. The van der Waals surface area contributed by atoms with E-state index < -0.39 is 0 Å². The summed E-state index contributed by atoms with van der Waals surface area (Å²) in [6, 6.07) is 5.30. The molecule has 0 spiro atoms. The smallest absolute Gasteiger partial charge is 0.259 e. The van der Waals surface area contributed by atoms with E-state index in [2.05, 4.69) is 27.2 Å². The Morgan fingerprint density at radius 2 is 1.92 bits per heavy atom. The minimum absolute atomic E-state index is 0.200. The Balaban J connectivity index is 2.45. The SMILES string of the molecule is C=C(CC)NC(=O)c1cc(-c2ccnc(NC(C)=O)c2)cnc1N(C)C. The quantitative estimate of drug-likeness (QED) is 0.834. The Hall–Kier alpha value is -3.22. The van der Waals surface area contributed by atoms with E-state index in [9.17, 15) is 9.59 Å². The zero-order chi connectivity index (χ0) is 19.3. The van der Waals surface area contributed by atoms with Gasteiger partial charge < -0.3 is 15.5 Å². The first-order chi connectivity index (χ1) is 12.3. The van der Waals surface area contributed by atoms with Crippen LogP contribution in [0.5, 0.6) is 0 Å². The van der Waals surface area contributed by atoms with E-state index in [1.54, 1.807) is 35.5 Å². The van der Waals surface area contributed by atoms with E-state index in [-0.39, 0.29) is 11.8 Å². The maximum absolute atomic E-state index is 12.6. The van der Waals surface area contributed by atoms with Crippen LogP contribution in [-0.2, 0) is 4.79 Å². The molecule has 0 unspecified atom stereocenters. The topological polar surface area (TPSA) is 87.2 Å². The zero-order valence-electron chi connectivity index (χ0n) is 15.5. The highest BCUT2D eigenvalue weighted by molar-refractivity contribution is 6.01. The van der Waals surface area contributed by atoms with Crippen LogP contribution in [0.3, 0.4) is 0 Å². The monoisotopic (exact) mass is 353 g/mol. The number of aromatic nitrogens is 2. The molecule has 0 aromatic carbocycles. The van der Waals surface area contributed by atoms with Crippen LogP contribution in [0.25, 0.3) is 11.1 Å². The fourth-order valence-corrected chi connectivity index (χ4v) is 2.31. The molecule has 0 aliphatic carbocycles. The maximum Gasteiger partial charge on any atom is 0.259 e. The van der Waals surface area contributed by atoms with Crippen LogP contribution < -0.4 is 15.5 Å². The van der Waals surface area contributed by atoms with Crippen molar-refractivity contribution in [1.29, 1.82) is 0 Å². The lowest BCUT2D eigenvalue weighted by Gasteiger charge is -2.17. The van der Waals surface area contributed by atoms with Gasteiger partial charge in [0.1, 0.15) is 11.6 Å². The predicted molar refractivity (Wildman–Crippen MR) is 103 cm³/mol. The molecule has 0 fully saturated rings. The van der Waals surface area contributed by atoms with E-state index in [0.717, 1.165) is 11.1 Å². The van der Waals surface area contributed by atoms with Crippen LogP contribution in [0.1, 0.15) is 30.6 Å². The number of pyridine rings is 2. The zero-order valence-corrected chi connectivity index (χ0v) is 15.5. The standard InChI is InChI=1S/C19H23N5O2/c1-6-12(2)22-19(26)16-9-15(11-21-18(16)24(4)5)14-7-8-20-17(10-14)23-13(3)25/h7-11H,2,6H2,1,3-5H3,(H,22,26)(H,20,23,25). The van der Waals surface area contributed by atoms with Crippen molar-refractivity contribution in [2.75, 3.05) is 24.3 Å². The van der Waals surface area contributed by atoms with Crippen molar-refractivity contribution >= 4 is 23.5 Å². The van der Waals surface area contributed by atoms with Crippen LogP contribution in [0, 0.1) is 0 Å². The fourth-order valence-electron chi connectivity index (χ4n) is 2.31. The first-order valence-corrected chi connectivity index (χ1v) is 8.22. The van der Waals surface area contributed by atoms with Gasteiger partial charge in [-0.05, 0) is 30.2 Å². The number of anilines is 2. The van der Waals surface area contributed by atoms with Gasteiger partial charge >= 0.3 is 0 Å². The van der Waals surface area contributed by atoms with Gasteiger partial charge in [-0.15, -0.1) is 0 Å². The van der Waals surface area contributed by atoms with Gasteiger partial charge in [-0.2, -0.15) is 0 Å². The number of nitrogens with one attached hydrogen (secondary N) is 2. The third-order valence-corrected chi connectivity index (χ3v) is 3.65. The molecular formula is C19H23N5O2. The highest BCUT2D eigenvalue weighted by Crippen LogP contribution is 2.26. The van der Waals surface area contributed by atoms with Gasteiger partial charge in [-0.3, -0.25) is 9.59 Å². The summed E-state index contributed by atoms with van der Waals surface area (Å²) < 4.78 is 0. The summed E-state index contributed by atoms with van der Waals surface area (Å²) in [5.41, 5.74) is 2.63. The number of allylic oxidation sites excluding steroid dienone is 1. The number of hydrogen-bond acceptors (Lipinski definition) is 5. The molecule has 2 rings (SSSR count). The second-order valence-corrected chi connectivity index (χ2v) is 6.01. The molecular weight excluding hydrogens is 330 g/mol. The van der Waals surface area contributed by atoms with Crippen LogP contribution in [0.2, 0.25) is 0 Å². The molecule has 2 aromatic rings. The number of carbonyl (C=O) groups excluding carboxylic acids is 2. The van der Waals surface area contributed by atoms with Gasteiger partial charge in [0.15, 0.2) is 0 Å². The molecule has 26 heavy (non-hydrogen) atoms. The van der Waals surface area contributed by atoms with Crippen LogP contribution >= 0.6 is 0 Å². The predicted octanol–water partition coefficient (Wildman–Crippen LogP) is 2.82. The summed E-state index contributed by atoms with van der Waals surface area (Å²) in [4.78, 5) is 34.2. The molecule has 7 heteroatoms. The number of rotatable bonds is 6. The molecule has 0 atom stereocenters. The van der Waals surface area contributed by atoms with E-state index in [0.29, 0.717) is 29.3 Å². The van der Waals surface area contributed by atoms with Crippen LogP contribution in [0.4, 0.5) is 11.6 Å². The Morgan fingerprint density at radius 3 is 2.54 bits per heavy atom. The normalized spacial score (nSPS) is 10.2. The van der Waals surface area contributed by atoms with Crippen molar-refractivity contribution in [2.45, 2.75) is 20.3 Å². The second kappa shape index (κ2) is 8.24. The molecule has 0 aliphatic heterocycles. The van der Waals surface area contributed by atoms with E-state index in [4.69, 9.17) is 0 Å². The van der Waals surface area contributed by atoms with E-state index in [1.807, 2.05) is 21.0 Å². The third kappa shape index (κ3) is 4.66. The van der Waals surface area contributed by atoms with Crippen molar-refractivity contribution in [3.63, 3.8) is 0 Å². The minimum atomic E-state index is -0.258. The summed E-state index contributed by atoms with van der Waals surface area (Å²) in [6.07, 6.45) is 3.94. The van der Waals surface area contributed by atoms with Crippen molar-refractivity contribution in [2.24, 2.45) is 0 Å². The van der Waals surface area contributed by atoms with Crippen molar-refractivity contribution in [3.05, 3.63) is 48.4 Å². The van der Waals surface area contributed by atoms with Gasteiger partial charge in [0.05, 0.1) is 5.56 Å². The molecule has 0 bridgehead atoms. The Morgan fingerprint density at radius 1 is 1.19 bits per heavy atom. The summed E-state index contributed by atoms with van der Waals surface area (Å²) in [7, 11) is 3.66. The van der Waals surface area contributed by atoms with Crippen LogP contribution in [0.15, 0.2) is 42.9 Å². The Labute approximate surface area is 153 Å². The first kappa shape index (κ1) is 19.1. The highest BCUT2D eigenvalue weighted by Gasteiger charge is 2.16. The van der Waals surface area contributed by atoms with Gasteiger partial charge in [-0.1, -0.05) is 13.5 Å². The van der Waals surface area contributed by atoms with Gasteiger partial charge in [0.25, 0.3) is 5.91 Å². The van der Waals surface area contributed by atoms with Gasteiger partial charge in [0.2, 0.25) is 5.91 Å². The molecule has 2 N–H and O–H groups in total. The van der Waals surface area contributed by atoms with Crippen molar-refractivity contribution in [1.82, 2.24) is 15.3 Å². The summed E-state index contributed by atoms with van der Waals surface area (Å²) in [5, 5.41) is 5.43. The fraction of sp³-hybridized carbons (Fsp3) is 0.263. The molecule has 2 amide bonds. The van der Waals surface area contributed by atoms with Gasteiger partial charge in [-0.25, -0.2) is 9.97 Å². The lowest BCUT2D eigenvalue weighted by atomic mass is 10.1. The van der Waals surface area contributed by atoms with Crippen molar-refractivity contribution < 1.29 is 9.59 Å². The number of hydrogen-bond donors (Lipinski definition) is 2. The number of amides is 2. The molecule has 0 radical (unpaired) electrons. The number of nitrogens with zero attached hydrogens (tertiary/aromatic N) is 3. The largest absolute Gasteiger partial charge is 0.362 e. The third-order valence-electron chi connectivity index (χ3n) is 3.65. The summed E-state index contributed by atoms with van der Waals surface area (Å²) in [5.74, 6) is 0.545. The molecule has 2 heterocycles. The number of carbonyl (C=O) groups is 2. The molecule has 2 aromatic heterocycles. The lowest BCUT2D eigenvalue weighted by Crippen LogP contribution is -2.25. The minimum Gasteiger partial charge on any atom is -0.362 e. The highest BCUT2D eigenvalue weighted by atomic mass is 16.2. The molecule has 0 saturated carbocycles. The van der Waals surface area contributed by atoms with Gasteiger partial charge in [0, 0.05) is 44.7 Å². The average molecular weight is 353 g/mol. The summed E-state index contributed by atoms with van der Waals surface area (Å²) >= 11 is 0. The molecule has 136 valence electrons. The molecule has 0 saturated heterocycles. The first-order valence-electron chi connectivity index (χ1n) is 8.22. The lowest BCUT2D eigenvalue weighted by molar-refractivity contribution is -0.114. The van der Waals surface area contributed by atoms with E-state index >= 15 is 0 Å².